The third kappa shape index (κ3) is 5.96. The number of carbonyl (C=O) groups is 3. The van der Waals surface area contributed by atoms with Crippen molar-refractivity contribution >= 4 is 23.5 Å². The SMILES string of the molecule is COc1cccc(NC(=O)CN(C)C(=O)COC(=O)c2ccc(-n3cccc3)cc2)c1. The average Bonchev–Trinajstić information content (AvgIpc) is 3.32. The second-order valence-corrected chi connectivity index (χ2v) is 6.74. The summed E-state index contributed by atoms with van der Waals surface area (Å²) in [4.78, 5) is 37.8. The number of methoxy groups -OCH3 is 1. The molecule has 0 fully saturated rings. The molecule has 160 valence electrons. The summed E-state index contributed by atoms with van der Waals surface area (Å²) in [5, 5.41) is 2.69. The highest BCUT2D eigenvalue weighted by Gasteiger charge is 2.16. The minimum atomic E-state index is -0.610. The molecular weight excluding hydrogens is 398 g/mol. The quantitative estimate of drug-likeness (QED) is 0.565. The van der Waals surface area contributed by atoms with Gasteiger partial charge >= 0.3 is 5.97 Å². The molecule has 8 nitrogen and oxygen atoms in total. The van der Waals surface area contributed by atoms with Crippen LogP contribution < -0.4 is 10.1 Å². The zero-order valence-electron chi connectivity index (χ0n) is 17.3. The number of likely N-dealkylation sites (N-methyl/N-ethyl adjacent to an activating group) is 1. The van der Waals surface area contributed by atoms with Gasteiger partial charge in [-0.1, -0.05) is 6.07 Å². The molecule has 0 aliphatic rings. The highest BCUT2D eigenvalue weighted by molar-refractivity contribution is 5.95. The maximum absolute atomic E-state index is 12.2. The number of hydrogen-bond donors (Lipinski definition) is 1. The van der Waals surface area contributed by atoms with E-state index in [0.29, 0.717) is 17.0 Å². The highest BCUT2D eigenvalue weighted by atomic mass is 16.5. The minimum Gasteiger partial charge on any atom is -0.497 e. The van der Waals surface area contributed by atoms with Gasteiger partial charge in [-0.05, 0) is 48.5 Å². The third-order valence-corrected chi connectivity index (χ3v) is 4.49. The first-order chi connectivity index (χ1) is 15.0. The van der Waals surface area contributed by atoms with E-state index in [0.717, 1.165) is 5.69 Å². The number of nitrogens with one attached hydrogen (secondary N) is 1. The van der Waals surface area contributed by atoms with Crippen molar-refractivity contribution in [1.29, 1.82) is 0 Å². The average molecular weight is 421 g/mol. The number of aromatic nitrogens is 1. The predicted octanol–water partition coefficient (Wildman–Crippen LogP) is 2.74. The Bertz CT molecular complexity index is 1050. The fraction of sp³-hybridized carbons (Fsp3) is 0.174. The van der Waals surface area contributed by atoms with E-state index in [1.165, 1.54) is 19.1 Å². The van der Waals surface area contributed by atoms with Gasteiger partial charge in [0.15, 0.2) is 6.61 Å². The lowest BCUT2D eigenvalue weighted by Crippen LogP contribution is -2.37. The maximum atomic E-state index is 12.2. The van der Waals surface area contributed by atoms with Gasteiger partial charge in [0.1, 0.15) is 5.75 Å². The summed E-state index contributed by atoms with van der Waals surface area (Å²) >= 11 is 0. The van der Waals surface area contributed by atoms with Gasteiger partial charge in [-0.25, -0.2) is 4.79 Å². The van der Waals surface area contributed by atoms with E-state index in [1.54, 1.807) is 48.5 Å². The van der Waals surface area contributed by atoms with Gasteiger partial charge in [-0.2, -0.15) is 0 Å². The summed E-state index contributed by atoms with van der Waals surface area (Å²) < 4.78 is 12.1. The van der Waals surface area contributed by atoms with Crippen LogP contribution in [0.5, 0.6) is 5.75 Å². The van der Waals surface area contributed by atoms with Gasteiger partial charge in [0.05, 0.1) is 19.2 Å². The molecule has 1 heterocycles. The van der Waals surface area contributed by atoms with Crippen LogP contribution in [0, 0.1) is 0 Å². The van der Waals surface area contributed by atoms with Crippen LogP contribution >= 0.6 is 0 Å². The third-order valence-electron chi connectivity index (χ3n) is 4.49. The fourth-order valence-electron chi connectivity index (χ4n) is 2.80. The molecule has 0 saturated heterocycles. The molecule has 0 spiro atoms. The second kappa shape index (κ2) is 10.1. The topological polar surface area (TPSA) is 89.9 Å². The van der Waals surface area contributed by atoms with Gasteiger partial charge in [-0.3, -0.25) is 9.59 Å². The van der Waals surface area contributed by atoms with Gasteiger partial charge in [-0.15, -0.1) is 0 Å². The van der Waals surface area contributed by atoms with Crippen molar-refractivity contribution in [2.24, 2.45) is 0 Å². The van der Waals surface area contributed by atoms with E-state index in [-0.39, 0.29) is 12.5 Å². The van der Waals surface area contributed by atoms with Crippen molar-refractivity contribution < 1.29 is 23.9 Å². The molecule has 2 aromatic carbocycles. The van der Waals surface area contributed by atoms with Crippen LogP contribution in [0.2, 0.25) is 0 Å². The number of carbonyl (C=O) groups excluding carboxylic acids is 3. The molecule has 1 N–H and O–H groups in total. The van der Waals surface area contributed by atoms with Crippen LogP contribution in [0.3, 0.4) is 0 Å². The highest BCUT2D eigenvalue weighted by Crippen LogP contribution is 2.16. The molecule has 1 aromatic heterocycles. The van der Waals surface area contributed by atoms with Gasteiger partial charge in [0.25, 0.3) is 5.91 Å². The maximum Gasteiger partial charge on any atom is 0.338 e. The Morgan fingerprint density at radius 2 is 1.71 bits per heavy atom. The molecule has 0 aliphatic heterocycles. The number of hydrogen-bond acceptors (Lipinski definition) is 5. The van der Waals surface area contributed by atoms with Gasteiger partial charge in [0.2, 0.25) is 5.91 Å². The van der Waals surface area contributed by atoms with Crippen LogP contribution in [0.25, 0.3) is 5.69 Å². The van der Waals surface area contributed by atoms with Crippen molar-refractivity contribution in [3.63, 3.8) is 0 Å². The molecular formula is C23H23N3O5. The first kappa shape index (κ1) is 21.6. The van der Waals surface area contributed by atoms with Crippen molar-refractivity contribution in [1.82, 2.24) is 9.47 Å². The Hall–Kier alpha value is -4.07. The smallest absolute Gasteiger partial charge is 0.338 e. The monoisotopic (exact) mass is 421 g/mol. The van der Waals surface area contributed by atoms with Crippen LogP contribution in [0.4, 0.5) is 5.69 Å². The van der Waals surface area contributed by atoms with E-state index >= 15 is 0 Å². The summed E-state index contributed by atoms with van der Waals surface area (Å²) in [6, 6.07) is 17.5. The van der Waals surface area contributed by atoms with E-state index in [1.807, 2.05) is 29.1 Å². The first-order valence-corrected chi connectivity index (χ1v) is 9.54. The Morgan fingerprint density at radius 3 is 2.39 bits per heavy atom. The zero-order valence-corrected chi connectivity index (χ0v) is 17.3. The molecule has 3 aromatic rings. The number of esters is 1. The number of nitrogens with zero attached hydrogens (tertiary/aromatic N) is 2. The van der Waals surface area contributed by atoms with Crippen molar-refractivity contribution in [3.8, 4) is 11.4 Å². The molecule has 2 amide bonds. The lowest BCUT2D eigenvalue weighted by atomic mass is 10.2. The zero-order chi connectivity index (χ0) is 22.2. The molecule has 0 saturated carbocycles. The molecule has 0 atom stereocenters. The van der Waals surface area contributed by atoms with Crippen molar-refractivity contribution in [2.45, 2.75) is 0 Å². The largest absolute Gasteiger partial charge is 0.497 e. The van der Waals surface area contributed by atoms with Gasteiger partial charge in [0, 0.05) is 36.9 Å². The molecule has 0 radical (unpaired) electrons. The Labute approximate surface area is 180 Å². The summed E-state index contributed by atoms with van der Waals surface area (Å²) in [6.07, 6.45) is 3.79. The Morgan fingerprint density at radius 1 is 1.00 bits per heavy atom. The molecule has 0 unspecified atom stereocenters. The number of benzene rings is 2. The van der Waals surface area contributed by atoms with Crippen LogP contribution in [0.15, 0.2) is 73.1 Å². The number of anilines is 1. The summed E-state index contributed by atoms with van der Waals surface area (Å²) in [6.45, 7) is -0.639. The fourth-order valence-corrected chi connectivity index (χ4v) is 2.80. The Balaban J connectivity index is 1.46. The standard InChI is InChI=1S/C23H23N3O5/c1-25(15-21(27)24-18-6-5-7-20(14-18)30-2)22(28)16-31-23(29)17-8-10-19(11-9-17)26-12-3-4-13-26/h3-14H,15-16H2,1-2H3,(H,24,27). The first-order valence-electron chi connectivity index (χ1n) is 9.54. The number of ether oxygens (including phenoxy) is 2. The van der Waals surface area contributed by atoms with E-state index < -0.39 is 18.5 Å². The van der Waals surface area contributed by atoms with Gasteiger partial charge < -0.3 is 24.3 Å². The predicted molar refractivity (Wildman–Crippen MR) is 115 cm³/mol. The van der Waals surface area contributed by atoms with E-state index in [2.05, 4.69) is 5.32 Å². The molecule has 0 aliphatic carbocycles. The van der Waals surface area contributed by atoms with Crippen molar-refractivity contribution in [2.75, 3.05) is 32.6 Å². The summed E-state index contributed by atoms with van der Waals surface area (Å²) in [5.74, 6) is -0.869. The number of amides is 2. The minimum absolute atomic E-state index is 0.181. The van der Waals surface area contributed by atoms with Crippen molar-refractivity contribution in [3.05, 3.63) is 78.6 Å². The lowest BCUT2D eigenvalue weighted by molar-refractivity contribution is -0.136. The molecule has 0 bridgehead atoms. The summed E-state index contributed by atoms with van der Waals surface area (Å²) in [5.41, 5.74) is 1.79. The normalized spacial score (nSPS) is 10.3. The molecule has 8 heteroatoms. The van der Waals surface area contributed by atoms with E-state index in [4.69, 9.17) is 9.47 Å². The van der Waals surface area contributed by atoms with E-state index in [9.17, 15) is 14.4 Å². The van der Waals surface area contributed by atoms with Crippen LogP contribution in [-0.2, 0) is 14.3 Å². The molecule has 31 heavy (non-hydrogen) atoms. The Kier molecular flexibility index (Phi) is 7.05. The van der Waals surface area contributed by atoms with Crippen LogP contribution in [0.1, 0.15) is 10.4 Å². The van der Waals surface area contributed by atoms with Crippen LogP contribution in [-0.4, -0.2) is 54.6 Å². The lowest BCUT2D eigenvalue weighted by Gasteiger charge is -2.17. The second-order valence-electron chi connectivity index (χ2n) is 6.74. The molecule has 3 rings (SSSR count). The summed E-state index contributed by atoms with van der Waals surface area (Å²) in [7, 11) is 3.00. The number of rotatable bonds is 8.